The lowest BCUT2D eigenvalue weighted by atomic mass is 10.1. The maximum Gasteiger partial charge on any atom is 0.0797 e. The first-order valence-corrected chi connectivity index (χ1v) is 11.8. The Morgan fingerprint density at radius 2 is 1.00 bits per heavy atom. The molecule has 2 aliphatic rings. The maximum absolute atomic E-state index is 2.46. The second kappa shape index (κ2) is 7.15. The lowest BCUT2D eigenvalue weighted by Gasteiger charge is -2.39. The summed E-state index contributed by atoms with van der Waals surface area (Å²) in [7, 11) is 0. The number of nitrogens with zero attached hydrogens (tertiary/aromatic N) is 2. The van der Waals surface area contributed by atoms with Crippen LogP contribution >= 0.6 is 23.5 Å². The summed E-state index contributed by atoms with van der Waals surface area (Å²) < 4.78 is 0. The molecular formula is C26H20N2S2. The summed E-state index contributed by atoms with van der Waals surface area (Å²) in [5, 5.41) is 0. The first kappa shape index (κ1) is 18.0. The molecule has 0 saturated carbocycles. The molecule has 30 heavy (non-hydrogen) atoms. The van der Waals surface area contributed by atoms with E-state index in [9.17, 15) is 0 Å². The quantitative estimate of drug-likeness (QED) is 0.281. The van der Waals surface area contributed by atoms with Crippen molar-refractivity contribution >= 4 is 52.0 Å². The van der Waals surface area contributed by atoms with Crippen molar-refractivity contribution in [2.75, 3.05) is 16.3 Å². The minimum Gasteiger partial charge on any atom is -0.338 e. The number of fused-ring (bicyclic) bond motifs is 4. The van der Waals surface area contributed by atoms with Gasteiger partial charge >= 0.3 is 0 Å². The highest BCUT2D eigenvalue weighted by Crippen LogP contribution is 2.57. The van der Waals surface area contributed by atoms with E-state index in [2.05, 4.69) is 108 Å². The third kappa shape index (κ3) is 2.68. The Balaban J connectivity index is 1.62. The molecule has 0 aliphatic carbocycles. The molecule has 0 radical (unpaired) electrons. The second-order valence-corrected chi connectivity index (χ2v) is 9.48. The molecule has 0 bridgehead atoms. The van der Waals surface area contributed by atoms with Crippen LogP contribution in [0.25, 0.3) is 0 Å². The zero-order chi connectivity index (χ0) is 20.1. The first-order valence-electron chi connectivity index (χ1n) is 10.2. The number of rotatable bonds is 2. The van der Waals surface area contributed by atoms with Crippen LogP contribution in [0.2, 0.25) is 0 Å². The first-order chi connectivity index (χ1) is 14.8. The van der Waals surface area contributed by atoms with Crippen molar-refractivity contribution in [1.29, 1.82) is 0 Å². The van der Waals surface area contributed by atoms with Gasteiger partial charge in [-0.1, -0.05) is 66.0 Å². The van der Waals surface area contributed by atoms with Gasteiger partial charge in [-0.15, -0.1) is 0 Å². The van der Waals surface area contributed by atoms with E-state index in [0.29, 0.717) is 0 Å². The lowest BCUT2D eigenvalue weighted by molar-refractivity contribution is 0.973. The molecule has 2 heterocycles. The third-order valence-corrected chi connectivity index (χ3v) is 7.86. The monoisotopic (exact) mass is 424 g/mol. The summed E-state index contributed by atoms with van der Waals surface area (Å²) in [4.78, 5) is 10.1. The van der Waals surface area contributed by atoms with Crippen molar-refractivity contribution in [1.82, 2.24) is 0 Å². The maximum atomic E-state index is 2.46. The van der Waals surface area contributed by atoms with E-state index in [4.69, 9.17) is 0 Å². The average molecular weight is 425 g/mol. The molecule has 4 aromatic rings. The van der Waals surface area contributed by atoms with Gasteiger partial charge in [-0.2, -0.15) is 0 Å². The minimum atomic E-state index is 0.924. The number of anilines is 5. The van der Waals surface area contributed by atoms with Gasteiger partial charge in [0.15, 0.2) is 0 Å². The van der Waals surface area contributed by atoms with Crippen molar-refractivity contribution in [3.05, 3.63) is 91.0 Å². The Hall–Kier alpha value is -2.82. The smallest absolute Gasteiger partial charge is 0.0797 e. The summed E-state index contributed by atoms with van der Waals surface area (Å²) in [6.45, 7) is 3.16. The van der Waals surface area contributed by atoms with Crippen LogP contribution in [0.15, 0.2) is 111 Å². The molecule has 146 valence electrons. The van der Waals surface area contributed by atoms with E-state index in [0.717, 1.165) is 6.54 Å². The molecule has 0 spiro atoms. The second-order valence-electron chi connectivity index (χ2n) is 7.31. The summed E-state index contributed by atoms with van der Waals surface area (Å²) in [5.41, 5.74) is 6.30. The molecule has 2 nitrogen and oxygen atoms in total. The van der Waals surface area contributed by atoms with Gasteiger partial charge in [-0.3, -0.25) is 0 Å². The molecule has 4 aromatic carbocycles. The van der Waals surface area contributed by atoms with Crippen molar-refractivity contribution < 1.29 is 0 Å². The highest BCUT2D eigenvalue weighted by atomic mass is 32.2. The van der Waals surface area contributed by atoms with E-state index >= 15 is 0 Å². The average Bonchev–Trinajstić information content (AvgIpc) is 2.80. The fourth-order valence-electron chi connectivity index (χ4n) is 4.34. The normalized spacial score (nSPS) is 13.9. The Morgan fingerprint density at radius 1 is 0.533 bits per heavy atom. The van der Waals surface area contributed by atoms with Crippen molar-refractivity contribution in [3.63, 3.8) is 0 Å². The van der Waals surface area contributed by atoms with E-state index < -0.39 is 0 Å². The highest BCUT2D eigenvalue weighted by Gasteiger charge is 2.31. The standard InChI is InChI=1S/C26H20N2S2/c1-2-27-18-10-3-6-14-22(18)30-25-17-9-13-21(26(25)27)28-19-11-4-7-15-23(19)29-24-16-8-5-12-20(24)28/h3-17H,2H2,1H3. The summed E-state index contributed by atoms with van der Waals surface area (Å²) in [5.74, 6) is 0. The molecule has 0 atom stereocenters. The van der Waals surface area contributed by atoms with Crippen molar-refractivity contribution in [2.24, 2.45) is 0 Å². The van der Waals surface area contributed by atoms with Gasteiger partial charge in [0, 0.05) is 26.1 Å². The van der Waals surface area contributed by atoms with Crippen LogP contribution in [0, 0.1) is 0 Å². The lowest BCUT2D eigenvalue weighted by Crippen LogP contribution is -2.24. The molecule has 0 N–H and O–H groups in total. The van der Waals surface area contributed by atoms with E-state index in [-0.39, 0.29) is 0 Å². The van der Waals surface area contributed by atoms with Crippen LogP contribution in [0.1, 0.15) is 6.92 Å². The molecule has 0 fully saturated rings. The van der Waals surface area contributed by atoms with Gasteiger partial charge in [0.25, 0.3) is 0 Å². The SMILES string of the molecule is CCN1c2ccccc2Sc2cccc(N3c4ccccc4Sc4ccccc43)c21. The molecule has 4 heteroatoms. The van der Waals surface area contributed by atoms with Crippen LogP contribution in [0.3, 0.4) is 0 Å². The van der Waals surface area contributed by atoms with Gasteiger partial charge in [0.2, 0.25) is 0 Å². The van der Waals surface area contributed by atoms with Crippen LogP contribution in [-0.2, 0) is 0 Å². The summed E-state index contributed by atoms with van der Waals surface area (Å²) in [6, 6.07) is 32.9. The molecule has 0 aromatic heterocycles. The number of benzene rings is 4. The fraction of sp³-hybridized carbons (Fsp3) is 0.0769. The molecule has 0 amide bonds. The predicted octanol–water partition coefficient (Wildman–Crippen LogP) is 8.24. The Bertz CT molecular complexity index is 1220. The summed E-state index contributed by atoms with van der Waals surface area (Å²) in [6.07, 6.45) is 0. The zero-order valence-electron chi connectivity index (χ0n) is 16.6. The van der Waals surface area contributed by atoms with E-state index in [1.165, 1.54) is 48.0 Å². The van der Waals surface area contributed by atoms with Gasteiger partial charge in [-0.25, -0.2) is 0 Å². The Kier molecular flexibility index (Phi) is 4.29. The van der Waals surface area contributed by atoms with E-state index in [1.54, 1.807) is 0 Å². The Labute approximate surface area is 185 Å². The van der Waals surface area contributed by atoms with Crippen LogP contribution in [0.5, 0.6) is 0 Å². The van der Waals surface area contributed by atoms with Crippen molar-refractivity contribution in [2.45, 2.75) is 26.5 Å². The number of hydrogen-bond acceptors (Lipinski definition) is 4. The van der Waals surface area contributed by atoms with Gasteiger partial charge in [0.1, 0.15) is 0 Å². The van der Waals surface area contributed by atoms with Crippen LogP contribution in [0.4, 0.5) is 28.4 Å². The minimum absolute atomic E-state index is 0.924. The van der Waals surface area contributed by atoms with Gasteiger partial charge in [0.05, 0.1) is 28.4 Å². The predicted molar refractivity (Wildman–Crippen MR) is 128 cm³/mol. The number of hydrogen-bond donors (Lipinski definition) is 0. The van der Waals surface area contributed by atoms with E-state index in [1.807, 2.05) is 23.5 Å². The summed E-state index contributed by atoms with van der Waals surface area (Å²) >= 11 is 3.72. The number of para-hydroxylation sites is 4. The topological polar surface area (TPSA) is 6.48 Å². The molecule has 6 rings (SSSR count). The molecular weight excluding hydrogens is 404 g/mol. The molecule has 0 saturated heterocycles. The highest BCUT2D eigenvalue weighted by molar-refractivity contribution is 8.00. The van der Waals surface area contributed by atoms with Crippen molar-refractivity contribution in [3.8, 4) is 0 Å². The van der Waals surface area contributed by atoms with Crippen LogP contribution in [-0.4, -0.2) is 6.54 Å². The fourth-order valence-corrected chi connectivity index (χ4v) is 6.53. The zero-order valence-corrected chi connectivity index (χ0v) is 18.2. The largest absolute Gasteiger partial charge is 0.338 e. The van der Waals surface area contributed by atoms with Crippen LogP contribution < -0.4 is 9.80 Å². The molecule has 0 unspecified atom stereocenters. The van der Waals surface area contributed by atoms with Gasteiger partial charge < -0.3 is 9.80 Å². The molecule has 2 aliphatic heterocycles. The Morgan fingerprint density at radius 3 is 1.63 bits per heavy atom. The third-order valence-electron chi connectivity index (χ3n) is 5.61. The van der Waals surface area contributed by atoms with Gasteiger partial charge in [-0.05, 0) is 55.5 Å².